The molecule has 152 valence electrons. The van der Waals surface area contributed by atoms with Gasteiger partial charge in [-0.15, -0.1) is 0 Å². The Balaban J connectivity index is 1.79. The van der Waals surface area contributed by atoms with E-state index in [1.165, 1.54) is 30.3 Å². The number of anilines is 1. The van der Waals surface area contributed by atoms with Crippen LogP contribution in [0, 0.1) is 5.82 Å². The van der Waals surface area contributed by atoms with Gasteiger partial charge in [0.1, 0.15) is 18.2 Å². The van der Waals surface area contributed by atoms with E-state index in [-0.39, 0.29) is 24.7 Å². The van der Waals surface area contributed by atoms with E-state index in [4.69, 9.17) is 4.74 Å². The van der Waals surface area contributed by atoms with Gasteiger partial charge >= 0.3 is 5.76 Å². The SMILES string of the molecule is CN(CCOc1cccc(F)c1)CC(=O)Nc1ccc(S(=O)(=O)C(F)F)cc1. The summed E-state index contributed by atoms with van der Waals surface area (Å²) in [5.74, 6) is -3.90. The second-order valence-electron chi connectivity index (χ2n) is 5.92. The fourth-order valence-electron chi connectivity index (χ4n) is 2.23. The molecule has 0 radical (unpaired) electrons. The third-order valence-corrected chi connectivity index (χ3v) is 5.05. The Hall–Kier alpha value is -2.59. The van der Waals surface area contributed by atoms with Crippen molar-refractivity contribution in [2.24, 2.45) is 0 Å². The van der Waals surface area contributed by atoms with Gasteiger partial charge in [-0.1, -0.05) is 6.07 Å². The fourth-order valence-corrected chi connectivity index (χ4v) is 2.95. The molecular formula is C18H19F3N2O4S. The molecule has 0 fully saturated rings. The van der Waals surface area contributed by atoms with E-state index < -0.39 is 26.3 Å². The first-order valence-electron chi connectivity index (χ1n) is 8.17. The highest BCUT2D eigenvalue weighted by Crippen LogP contribution is 2.20. The monoisotopic (exact) mass is 416 g/mol. The number of carbonyl (C=O) groups excluding carboxylic acids is 1. The van der Waals surface area contributed by atoms with Crippen molar-refractivity contribution in [3.05, 3.63) is 54.3 Å². The van der Waals surface area contributed by atoms with Crippen LogP contribution in [0.4, 0.5) is 18.9 Å². The summed E-state index contributed by atoms with van der Waals surface area (Å²) in [6.07, 6.45) is 0. The summed E-state index contributed by atoms with van der Waals surface area (Å²) in [6.45, 7) is 0.659. The lowest BCUT2D eigenvalue weighted by molar-refractivity contribution is -0.117. The van der Waals surface area contributed by atoms with Crippen molar-refractivity contribution in [1.29, 1.82) is 0 Å². The van der Waals surface area contributed by atoms with Crippen molar-refractivity contribution in [2.75, 3.05) is 32.1 Å². The number of hydrogen-bond acceptors (Lipinski definition) is 5. The number of sulfone groups is 1. The minimum atomic E-state index is -4.67. The molecule has 0 heterocycles. The van der Waals surface area contributed by atoms with Crippen molar-refractivity contribution < 1.29 is 31.1 Å². The zero-order valence-electron chi connectivity index (χ0n) is 14.9. The lowest BCUT2D eigenvalue weighted by Crippen LogP contribution is -2.33. The summed E-state index contributed by atoms with van der Waals surface area (Å²) in [5, 5.41) is 2.54. The van der Waals surface area contributed by atoms with E-state index in [0.29, 0.717) is 12.3 Å². The highest BCUT2D eigenvalue weighted by molar-refractivity contribution is 7.91. The maximum absolute atomic E-state index is 13.0. The standard InChI is InChI=1S/C18H19F3N2O4S/c1-23(9-10-27-15-4-2-3-13(19)11-15)12-17(24)22-14-5-7-16(8-6-14)28(25,26)18(20)21/h2-8,11,18H,9-10,12H2,1H3,(H,22,24). The van der Waals surface area contributed by atoms with Gasteiger partial charge < -0.3 is 10.1 Å². The van der Waals surface area contributed by atoms with Crippen LogP contribution in [-0.2, 0) is 14.6 Å². The van der Waals surface area contributed by atoms with Gasteiger partial charge in [0, 0.05) is 18.3 Å². The van der Waals surface area contributed by atoms with Crippen LogP contribution in [0.15, 0.2) is 53.4 Å². The number of nitrogens with one attached hydrogen (secondary N) is 1. The minimum Gasteiger partial charge on any atom is -0.492 e. The van der Waals surface area contributed by atoms with Gasteiger partial charge in [0.25, 0.3) is 0 Å². The lowest BCUT2D eigenvalue weighted by Gasteiger charge is -2.16. The van der Waals surface area contributed by atoms with Crippen LogP contribution >= 0.6 is 0 Å². The average Bonchev–Trinajstić information content (AvgIpc) is 2.62. The average molecular weight is 416 g/mol. The van der Waals surface area contributed by atoms with Crippen molar-refractivity contribution in [3.63, 3.8) is 0 Å². The van der Waals surface area contributed by atoms with Gasteiger partial charge in [-0.25, -0.2) is 12.8 Å². The number of halogens is 3. The molecule has 2 aromatic rings. The van der Waals surface area contributed by atoms with Crippen LogP contribution in [0.2, 0.25) is 0 Å². The number of amides is 1. The van der Waals surface area contributed by atoms with E-state index >= 15 is 0 Å². The van der Waals surface area contributed by atoms with Gasteiger partial charge in [0.05, 0.1) is 11.4 Å². The molecule has 0 spiro atoms. The minimum absolute atomic E-state index is 0.0175. The van der Waals surface area contributed by atoms with Gasteiger partial charge in [-0.2, -0.15) is 8.78 Å². The molecule has 0 bridgehead atoms. The first-order chi connectivity index (χ1) is 13.2. The number of benzene rings is 2. The second-order valence-corrected chi connectivity index (χ2v) is 7.84. The highest BCUT2D eigenvalue weighted by Gasteiger charge is 2.26. The number of hydrogen-bond donors (Lipinski definition) is 1. The third-order valence-electron chi connectivity index (χ3n) is 3.65. The molecule has 0 saturated carbocycles. The summed E-state index contributed by atoms with van der Waals surface area (Å²) in [5.41, 5.74) is 0.280. The number of ether oxygens (including phenoxy) is 1. The van der Waals surface area contributed by atoms with E-state index in [1.807, 2.05) is 0 Å². The Kier molecular flexibility index (Phi) is 7.41. The normalized spacial score (nSPS) is 11.6. The maximum atomic E-state index is 13.0. The predicted octanol–water partition coefficient (Wildman–Crippen LogP) is 2.77. The molecule has 2 rings (SSSR count). The first kappa shape index (κ1) is 21.7. The molecule has 1 amide bonds. The summed E-state index contributed by atoms with van der Waals surface area (Å²) < 4.78 is 66.1. The molecule has 0 saturated heterocycles. The Bertz CT molecular complexity index is 905. The molecule has 28 heavy (non-hydrogen) atoms. The van der Waals surface area contributed by atoms with Crippen molar-refractivity contribution in [3.8, 4) is 5.75 Å². The first-order valence-corrected chi connectivity index (χ1v) is 9.72. The number of nitrogens with zero attached hydrogens (tertiary/aromatic N) is 1. The Morgan fingerprint density at radius 3 is 2.46 bits per heavy atom. The van der Waals surface area contributed by atoms with Gasteiger partial charge in [-0.3, -0.25) is 9.69 Å². The molecule has 1 N–H and O–H groups in total. The highest BCUT2D eigenvalue weighted by atomic mass is 32.2. The smallest absolute Gasteiger partial charge is 0.341 e. The molecule has 0 atom stereocenters. The quantitative estimate of drug-likeness (QED) is 0.680. The second kappa shape index (κ2) is 9.56. The number of rotatable bonds is 9. The van der Waals surface area contributed by atoms with Crippen LogP contribution in [-0.4, -0.2) is 51.7 Å². The van der Waals surface area contributed by atoms with Crippen molar-refractivity contribution in [1.82, 2.24) is 4.90 Å². The number of carbonyl (C=O) groups is 1. The maximum Gasteiger partial charge on any atom is 0.341 e. The van der Waals surface area contributed by atoms with Gasteiger partial charge in [0.15, 0.2) is 0 Å². The molecular weight excluding hydrogens is 397 g/mol. The van der Waals surface area contributed by atoms with Crippen LogP contribution in [0.5, 0.6) is 5.75 Å². The molecule has 2 aromatic carbocycles. The van der Waals surface area contributed by atoms with Crippen LogP contribution < -0.4 is 10.1 Å². The number of alkyl halides is 2. The fraction of sp³-hybridized carbons (Fsp3) is 0.278. The molecule has 0 aliphatic carbocycles. The van der Waals surface area contributed by atoms with Crippen LogP contribution in [0.3, 0.4) is 0 Å². The summed E-state index contributed by atoms with van der Waals surface area (Å²) in [7, 11) is -2.98. The van der Waals surface area contributed by atoms with E-state index in [9.17, 15) is 26.4 Å². The van der Waals surface area contributed by atoms with Gasteiger partial charge in [0.2, 0.25) is 15.7 Å². The van der Waals surface area contributed by atoms with Crippen LogP contribution in [0.1, 0.15) is 0 Å². The Labute approximate surface area is 160 Å². The molecule has 0 aromatic heterocycles. The van der Waals surface area contributed by atoms with Gasteiger partial charge in [-0.05, 0) is 43.4 Å². The van der Waals surface area contributed by atoms with E-state index in [2.05, 4.69) is 5.32 Å². The van der Waals surface area contributed by atoms with Crippen LogP contribution in [0.25, 0.3) is 0 Å². The third kappa shape index (κ3) is 6.24. The zero-order valence-corrected chi connectivity index (χ0v) is 15.8. The topological polar surface area (TPSA) is 75.7 Å². The lowest BCUT2D eigenvalue weighted by atomic mass is 10.3. The molecule has 0 unspecified atom stereocenters. The zero-order chi connectivity index (χ0) is 20.7. The summed E-state index contributed by atoms with van der Waals surface area (Å²) >= 11 is 0. The van der Waals surface area contributed by atoms with Crippen molar-refractivity contribution in [2.45, 2.75) is 10.7 Å². The Morgan fingerprint density at radius 2 is 1.86 bits per heavy atom. The van der Waals surface area contributed by atoms with E-state index in [1.54, 1.807) is 18.0 Å². The molecule has 0 aliphatic rings. The molecule has 6 nitrogen and oxygen atoms in total. The number of likely N-dealkylation sites (N-methyl/N-ethyl adjacent to an activating group) is 1. The largest absolute Gasteiger partial charge is 0.492 e. The molecule has 10 heteroatoms. The Morgan fingerprint density at radius 1 is 1.18 bits per heavy atom. The predicted molar refractivity (Wildman–Crippen MR) is 97.7 cm³/mol. The van der Waals surface area contributed by atoms with E-state index in [0.717, 1.165) is 12.1 Å². The van der Waals surface area contributed by atoms with Crippen molar-refractivity contribution >= 4 is 21.4 Å². The summed E-state index contributed by atoms with van der Waals surface area (Å²) in [4.78, 5) is 13.2. The summed E-state index contributed by atoms with van der Waals surface area (Å²) in [6, 6.07) is 10.2. The molecule has 0 aliphatic heterocycles.